The summed E-state index contributed by atoms with van der Waals surface area (Å²) in [5, 5.41) is 0. The van der Waals surface area contributed by atoms with E-state index in [1.807, 2.05) is 4.90 Å². The molecule has 0 radical (unpaired) electrons. The summed E-state index contributed by atoms with van der Waals surface area (Å²) >= 11 is 0. The fourth-order valence-corrected chi connectivity index (χ4v) is 2.14. The molecule has 2 rings (SSSR count). The topological polar surface area (TPSA) is 33.2 Å². The Kier molecular flexibility index (Phi) is 4.07. The zero-order valence-electron chi connectivity index (χ0n) is 9.86. The molecule has 17 heavy (non-hydrogen) atoms. The highest BCUT2D eigenvalue weighted by atomic mass is 19.1. The van der Waals surface area contributed by atoms with E-state index >= 15 is 0 Å². The molecule has 4 heteroatoms. The van der Waals surface area contributed by atoms with Crippen molar-refractivity contribution in [3.05, 3.63) is 29.8 Å². The minimum Gasteiger partial charge on any atom is -0.339 e. The second kappa shape index (κ2) is 5.75. The fourth-order valence-electron chi connectivity index (χ4n) is 2.14. The summed E-state index contributed by atoms with van der Waals surface area (Å²) in [6.07, 6.45) is 7.06. The Bertz CT molecular complexity index is 370. The van der Waals surface area contributed by atoms with Crippen molar-refractivity contribution in [2.24, 2.45) is 0 Å². The Labute approximate surface area is 101 Å². The number of amides is 1. The molecule has 0 saturated carbocycles. The summed E-state index contributed by atoms with van der Waals surface area (Å²) in [5.41, 5.74) is 0.479. The smallest absolute Gasteiger partial charge is 0.255 e. The number of hydrogen-bond donors (Lipinski definition) is 0. The third-order valence-corrected chi connectivity index (χ3v) is 3.12. The lowest BCUT2D eigenvalue weighted by molar-refractivity contribution is 0.0742. The van der Waals surface area contributed by atoms with Crippen molar-refractivity contribution in [3.8, 4) is 0 Å². The highest BCUT2D eigenvalue weighted by Crippen LogP contribution is 2.13. The molecule has 2 heterocycles. The SMILES string of the molecule is O=C(c1ccc(F)nc1)N1CCCCCCC1. The number of rotatable bonds is 1. The van der Waals surface area contributed by atoms with E-state index in [2.05, 4.69) is 4.98 Å². The summed E-state index contributed by atoms with van der Waals surface area (Å²) < 4.78 is 12.7. The van der Waals surface area contributed by atoms with Crippen molar-refractivity contribution in [1.29, 1.82) is 0 Å². The Morgan fingerprint density at radius 1 is 1.12 bits per heavy atom. The Morgan fingerprint density at radius 3 is 2.35 bits per heavy atom. The largest absolute Gasteiger partial charge is 0.339 e. The number of carbonyl (C=O) groups is 1. The van der Waals surface area contributed by atoms with Gasteiger partial charge in [0.05, 0.1) is 5.56 Å². The monoisotopic (exact) mass is 236 g/mol. The maximum Gasteiger partial charge on any atom is 0.255 e. The van der Waals surface area contributed by atoms with E-state index in [0.717, 1.165) is 25.9 Å². The van der Waals surface area contributed by atoms with Gasteiger partial charge in [0.1, 0.15) is 0 Å². The van der Waals surface area contributed by atoms with Gasteiger partial charge in [-0.15, -0.1) is 0 Å². The molecule has 1 aromatic heterocycles. The van der Waals surface area contributed by atoms with E-state index in [9.17, 15) is 9.18 Å². The molecule has 1 aliphatic rings. The molecule has 92 valence electrons. The van der Waals surface area contributed by atoms with Gasteiger partial charge in [0, 0.05) is 19.3 Å². The van der Waals surface area contributed by atoms with Crippen LogP contribution in [-0.2, 0) is 0 Å². The first-order valence-corrected chi connectivity index (χ1v) is 6.18. The average Bonchev–Trinajstić information content (AvgIpc) is 2.29. The lowest BCUT2D eigenvalue weighted by Gasteiger charge is -2.24. The third kappa shape index (κ3) is 3.25. The maximum absolute atomic E-state index is 12.7. The molecule has 1 amide bonds. The van der Waals surface area contributed by atoms with Gasteiger partial charge in [-0.1, -0.05) is 19.3 Å². The molecule has 1 saturated heterocycles. The van der Waals surface area contributed by atoms with E-state index in [4.69, 9.17) is 0 Å². The molecule has 1 fully saturated rings. The molecule has 0 N–H and O–H groups in total. The molecule has 1 aromatic rings. The molecular formula is C13H17FN2O. The maximum atomic E-state index is 12.7. The molecule has 0 aromatic carbocycles. The van der Waals surface area contributed by atoms with Gasteiger partial charge in [-0.3, -0.25) is 4.79 Å². The van der Waals surface area contributed by atoms with Crippen molar-refractivity contribution >= 4 is 5.91 Å². The van der Waals surface area contributed by atoms with E-state index < -0.39 is 5.95 Å². The molecule has 0 aliphatic carbocycles. The van der Waals surface area contributed by atoms with Gasteiger partial charge < -0.3 is 4.90 Å². The van der Waals surface area contributed by atoms with Crippen LogP contribution in [0.3, 0.4) is 0 Å². The van der Waals surface area contributed by atoms with Crippen molar-refractivity contribution in [2.45, 2.75) is 32.1 Å². The Hall–Kier alpha value is -1.45. The summed E-state index contributed by atoms with van der Waals surface area (Å²) in [6.45, 7) is 1.60. The second-order valence-electron chi connectivity index (χ2n) is 4.43. The molecule has 0 atom stereocenters. The zero-order valence-corrected chi connectivity index (χ0v) is 9.86. The predicted octanol–water partition coefficient (Wildman–Crippen LogP) is 2.63. The Morgan fingerprint density at radius 2 is 1.76 bits per heavy atom. The number of hydrogen-bond acceptors (Lipinski definition) is 2. The number of pyridine rings is 1. The molecule has 3 nitrogen and oxygen atoms in total. The lowest BCUT2D eigenvalue weighted by Crippen LogP contribution is -2.33. The molecule has 0 bridgehead atoms. The number of nitrogens with zero attached hydrogens (tertiary/aromatic N) is 2. The first-order valence-electron chi connectivity index (χ1n) is 6.18. The van der Waals surface area contributed by atoms with E-state index in [1.54, 1.807) is 0 Å². The fraction of sp³-hybridized carbons (Fsp3) is 0.538. The van der Waals surface area contributed by atoms with Gasteiger partial charge >= 0.3 is 0 Å². The zero-order chi connectivity index (χ0) is 12.1. The number of aromatic nitrogens is 1. The molecule has 0 unspecified atom stereocenters. The van der Waals surface area contributed by atoms with Gasteiger partial charge in [-0.05, 0) is 25.0 Å². The summed E-state index contributed by atoms with van der Waals surface area (Å²) in [7, 11) is 0. The number of carbonyl (C=O) groups excluding carboxylic acids is 1. The van der Waals surface area contributed by atoms with Gasteiger partial charge in [0.25, 0.3) is 5.91 Å². The quantitative estimate of drug-likeness (QED) is 0.702. The summed E-state index contributed by atoms with van der Waals surface area (Å²) in [5.74, 6) is -0.575. The van der Waals surface area contributed by atoms with Crippen molar-refractivity contribution in [1.82, 2.24) is 9.88 Å². The van der Waals surface area contributed by atoms with Crippen molar-refractivity contribution < 1.29 is 9.18 Å². The Balaban J connectivity index is 2.04. The van der Waals surface area contributed by atoms with Crippen LogP contribution in [0, 0.1) is 5.95 Å². The molecule has 1 aliphatic heterocycles. The lowest BCUT2D eigenvalue weighted by atomic mass is 10.1. The van der Waals surface area contributed by atoms with Crippen LogP contribution in [0.5, 0.6) is 0 Å². The van der Waals surface area contributed by atoms with E-state index in [1.165, 1.54) is 37.6 Å². The molecular weight excluding hydrogens is 219 g/mol. The van der Waals surface area contributed by atoms with Crippen molar-refractivity contribution in [2.75, 3.05) is 13.1 Å². The predicted molar refractivity (Wildman–Crippen MR) is 63.2 cm³/mol. The molecule has 0 spiro atoms. The first-order chi connectivity index (χ1) is 8.27. The van der Waals surface area contributed by atoms with Crippen LogP contribution in [0.25, 0.3) is 0 Å². The van der Waals surface area contributed by atoms with Crippen LogP contribution in [0.2, 0.25) is 0 Å². The highest BCUT2D eigenvalue weighted by Gasteiger charge is 2.16. The third-order valence-electron chi connectivity index (χ3n) is 3.12. The average molecular weight is 236 g/mol. The highest BCUT2D eigenvalue weighted by molar-refractivity contribution is 5.93. The van der Waals surface area contributed by atoms with E-state index in [-0.39, 0.29) is 5.91 Å². The van der Waals surface area contributed by atoms with Crippen LogP contribution in [0.1, 0.15) is 42.5 Å². The van der Waals surface area contributed by atoms with Crippen LogP contribution < -0.4 is 0 Å². The van der Waals surface area contributed by atoms with Gasteiger partial charge in [-0.2, -0.15) is 4.39 Å². The second-order valence-corrected chi connectivity index (χ2v) is 4.43. The number of likely N-dealkylation sites (tertiary alicyclic amines) is 1. The van der Waals surface area contributed by atoms with Crippen LogP contribution in [0.4, 0.5) is 4.39 Å². The van der Waals surface area contributed by atoms with Crippen LogP contribution in [-0.4, -0.2) is 28.9 Å². The van der Waals surface area contributed by atoms with Crippen molar-refractivity contribution in [3.63, 3.8) is 0 Å². The van der Waals surface area contributed by atoms with Crippen LogP contribution in [0.15, 0.2) is 18.3 Å². The van der Waals surface area contributed by atoms with E-state index in [0.29, 0.717) is 5.56 Å². The van der Waals surface area contributed by atoms with Gasteiger partial charge in [0.15, 0.2) is 0 Å². The normalized spacial score (nSPS) is 17.4. The number of halogens is 1. The van der Waals surface area contributed by atoms with Gasteiger partial charge in [-0.25, -0.2) is 4.98 Å². The first kappa shape index (κ1) is 12.0. The minimum absolute atomic E-state index is 0.0283. The standard InChI is InChI=1S/C13H17FN2O/c14-12-7-6-11(10-15-12)13(17)16-8-4-2-1-3-5-9-16/h6-7,10H,1-5,8-9H2. The minimum atomic E-state index is -0.547. The van der Waals surface area contributed by atoms with Gasteiger partial charge in [0.2, 0.25) is 5.95 Å². The van der Waals surface area contributed by atoms with Crippen LogP contribution >= 0.6 is 0 Å². The summed E-state index contributed by atoms with van der Waals surface area (Å²) in [4.78, 5) is 17.5. The summed E-state index contributed by atoms with van der Waals surface area (Å²) in [6, 6.07) is 2.74.